The summed E-state index contributed by atoms with van der Waals surface area (Å²) < 4.78 is 7.29. The molecule has 2 aromatic carbocycles. The largest absolute Gasteiger partial charge is 0.399 e. The Morgan fingerprint density at radius 1 is 1.11 bits per heavy atom. The topological polar surface area (TPSA) is 26.3 Å². The highest BCUT2D eigenvalue weighted by Gasteiger charge is 2.51. The Hall–Kier alpha value is -2.23. The Balaban J connectivity index is 1.81. The SMILES string of the molecule is C=CCC[C@]1(O[Si](C)(c2ccccc2)c2ccccc2)CC[C@@H]2CC(=O)C=C21. The van der Waals surface area contributed by atoms with Crippen LogP contribution < -0.4 is 10.4 Å². The molecule has 1 saturated carbocycles. The summed E-state index contributed by atoms with van der Waals surface area (Å²) in [6.45, 7) is 6.24. The van der Waals surface area contributed by atoms with E-state index in [4.69, 9.17) is 4.43 Å². The van der Waals surface area contributed by atoms with Gasteiger partial charge in [0.05, 0.1) is 5.60 Å². The van der Waals surface area contributed by atoms with Crippen molar-refractivity contribution in [1.29, 1.82) is 0 Å². The zero-order valence-electron chi connectivity index (χ0n) is 16.6. The van der Waals surface area contributed by atoms with E-state index in [0.717, 1.165) is 25.7 Å². The van der Waals surface area contributed by atoms with Crippen LogP contribution in [0.25, 0.3) is 0 Å². The van der Waals surface area contributed by atoms with Crippen LogP contribution in [0, 0.1) is 5.92 Å². The molecule has 2 aromatic rings. The van der Waals surface area contributed by atoms with Gasteiger partial charge in [0, 0.05) is 6.42 Å². The lowest BCUT2D eigenvalue weighted by Crippen LogP contribution is -2.62. The van der Waals surface area contributed by atoms with Crippen molar-refractivity contribution in [2.45, 2.75) is 44.3 Å². The first kappa shape index (κ1) is 19.1. The molecule has 2 nitrogen and oxygen atoms in total. The molecule has 0 spiro atoms. The molecule has 0 saturated heterocycles. The van der Waals surface area contributed by atoms with Crippen LogP contribution in [0.1, 0.15) is 32.1 Å². The number of hydrogen-bond donors (Lipinski definition) is 0. The van der Waals surface area contributed by atoms with Gasteiger partial charge in [-0.3, -0.25) is 4.79 Å². The van der Waals surface area contributed by atoms with Crippen molar-refractivity contribution in [3.05, 3.63) is 85.0 Å². The predicted molar refractivity (Wildman–Crippen MR) is 117 cm³/mol. The van der Waals surface area contributed by atoms with Gasteiger partial charge in [0.1, 0.15) is 0 Å². The zero-order valence-corrected chi connectivity index (χ0v) is 17.6. The van der Waals surface area contributed by atoms with Gasteiger partial charge in [-0.15, -0.1) is 6.58 Å². The maximum Gasteiger partial charge on any atom is 0.253 e. The fourth-order valence-corrected chi connectivity index (χ4v) is 8.30. The minimum Gasteiger partial charge on any atom is -0.399 e. The summed E-state index contributed by atoms with van der Waals surface area (Å²) in [6, 6.07) is 21.3. The fourth-order valence-electron chi connectivity index (χ4n) is 4.97. The predicted octanol–water partition coefficient (Wildman–Crippen LogP) is 4.41. The number of carbonyl (C=O) groups is 1. The van der Waals surface area contributed by atoms with E-state index in [1.54, 1.807) is 0 Å². The molecule has 2 aliphatic rings. The van der Waals surface area contributed by atoms with Gasteiger partial charge in [-0.1, -0.05) is 66.7 Å². The summed E-state index contributed by atoms with van der Waals surface area (Å²) in [5.41, 5.74) is 0.891. The molecule has 28 heavy (non-hydrogen) atoms. The van der Waals surface area contributed by atoms with Gasteiger partial charge in [-0.2, -0.15) is 0 Å². The maximum atomic E-state index is 12.2. The molecule has 2 aliphatic carbocycles. The number of fused-ring (bicyclic) bond motifs is 1. The maximum absolute atomic E-state index is 12.2. The molecule has 0 aliphatic heterocycles. The summed E-state index contributed by atoms with van der Waals surface area (Å²) in [5, 5.41) is 2.54. The van der Waals surface area contributed by atoms with E-state index >= 15 is 0 Å². The number of carbonyl (C=O) groups excluding carboxylic acids is 1. The Labute approximate surface area is 169 Å². The van der Waals surface area contributed by atoms with Crippen molar-refractivity contribution in [1.82, 2.24) is 0 Å². The first-order valence-corrected chi connectivity index (χ1v) is 12.7. The van der Waals surface area contributed by atoms with E-state index < -0.39 is 8.32 Å². The van der Waals surface area contributed by atoms with E-state index in [1.165, 1.54) is 15.9 Å². The second-order valence-electron chi connectivity index (χ2n) is 8.19. The minimum atomic E-state index is -2.46. The second kappa shape index (κ2) is 7.65. The van der Waals surface area contributed by atoms with Crippen LogP contribution in [0.3, 0.4) is 0 Å². The summed E-state index contributed by atoms with van der Waals surface area (Å²) in [5.74, 6) is 0.621. The molecule has 0 aromatic heterocycles. The molecule has 0 unspecified atom stereocenters. The molecule has 4 rings (SSSR count). The summed E-state index contributed by atoms with van der Waals surface area (Å²) in [7, 11) is -2.46. The van der Waals surface area contributed by atoms with Crippen molar-refractivity contribution in [2.75, 3.05) is 0 Å². The van der Waals surface area contributed by atoms with Gasteiger partial charge >= 0.3 is 0 Å². The molecule has 0 radical (unpaired) electrons. The van der Waals surface area contributed by atoms with Crippen LogP contribution in [0.5, 0.6) is 0 Å². The molecule has 144 valence electrons. The number of allylic oxidation sites excluding steroid dienone is 2. The third kappa shape index (κ3) is 3.34. The van der Waals surface area contributed by atoms with Gasteiger partial charge in [0.15, 0.2) is 5.78 Å². The molecule has 0 bridgehead atoms. The van der Waals surface area contributed by atoms with Crippen LogP contribution in [-0.4, -0.2) is 19.7 Å². The van der Waals surface area contributed by atoms with Crippen LogP contribution in [0.2, 0.25) is 6.55 Å². The average molecular weight is 389 g/mol. The quantitative estimate of drug-likeness (QED) is 0.519. The van der Waals surface area contributed by atoms with E-state index in [9.17, 15) is 4.79 Å². The number of ketones is 1. The molecular formula is C25H28O2Si. The highest BCUT2D eigenvalue weighted by atomic mass is 28.4. The van der Waals surface area contributed by atoms with Crippen LogP contribution in [0.15, 0.2) is 85.0 Å². The van der Waals surface area contributed by atoms with Gasteiger partial charge in [-0.05, 0) is 60.2 Å². The number of benzene rings is 2. The third-order valence-electron chi connectivity index (χ3n) is 6.43. The Kier molecular flexibility index (Phi) is 5.22. The summed E-state index contributed by atoms with van der Waals surface area (Å²) >= 11 is 0. The lowest BCUT2D eigenvalue weighted by atomic mass is 9.90. The minimum absolute atomic E-state index is 0.258. The molecule has 0 heterocycles. The van der Waals surface area contributed by atoms with E-state index in [0.29, 0.717) is 12.3 Å². The summed E-state index contributed by atoms with van der Waals surface area (Å²) in [4.78, 5) is 12.2. The highest BCUT2D eigenvalue weighted by Crippen LogP contribution is 2.50. The Bertz CT molecular complexity index is 848. The average Bonchev–Trinajstić information content (AvgIpc) is 3.26. The second-order valence-corrected chi connectivity index (χ2v) is 11.6. The van der Waals surface area contributed by atoms with Crippen molar-refractivity contribution in [3.8, 4) is 0 Å². The van der Waals surface area contributed by atoms with Crippen molar-refractivity contribution in [2.24, 2.45) is 5.92 Å². The monoisotopic (exact) mass is 388 g/mol. The molecule has 2 atom stereocenters. The smallest absolute Gasteiger partial charge is 0.253 e. The first-order chi connectivity index (χ1) is 13.6. The molecule has 1 fully saturated rings. The highest BCUT2D eigenvalue weighted by molar-refractivity contribution is 6.96. The lowest BCUT2D eigenvalue weighted by molar-refractivity contribution is -0.114. The van der Waals surface area contributed by atoms with E-state index in [-0.39, 0.29) is 11.4 Å². The molecule has 0 amide bonds. The van der Waals surface area contributed by atoms with E-state index in [1.807, 2.05) is 12.2 Å². The van der Waals surface area contributed by atoms with E-state index in [2.05, 4.69) is 73.8 Å². The zero-order chi connectivity index (χ0) is 19.6. The standard InChI is InChI=1S/C25H28O2Si/c1-3-4-16-25(17-15-20-18-21(26)19-24(20)25)27-28(2,22-11-7-5-8-12-22)23-13-9-6-10-14-23/h3,5-14,19-20H,1,4,15-18H2,2H3/t20-,25+/m1/s1. The lowest BCUT2D eigenvalue weighted by Gasteiger charge is -2.41. The third-order valence-corrected chi connectivity index (χ3v) is 10.1. The van der Waals surface area contributed by atoms with Crippen LogP contribution in [0.4, 0.5) is 0 Å². The Morgan fingerprint density at radius 3 is 2.29 bits per heavy atom. The van der Waals surface area contributed by atoms with Crippen molar-refractivity contribution < 1.29 is 9.22 Å². The summed E-state index contributed by atoms with van der Waals surface area (Å²) in [6.07, 6.45) is 8.35. The first-order valence-electron chi connectivity index (χ1n) is 10.2. The molecular weight excluding hydrogens is 360 g/mol. The fraction of sp³-hybridized carbons (Fsp3) is 0.320. The van der Waals surface area contributed by atoms with Crippen LogP contribution in [-0.2, 0) is 9.22 Å². The normalized spacial score (nSPS) is 24.1. The number of rotatable bonds is 7. The Morgan fingerprint density at radius 2 is 1.71 bits per heavy atom. The van der Waals surface area contributed by atoms with Gasteiger partial charge < -0.3 is 4.43 Å². The van der Waals surface area contributed by atoms with Gasteiger partial charge in [0.2, 0.25) is 0 Å². The van der Waals surface area contributed by atoms with Crippen molar-refractivity contribution >= 4 is 24.5 Å². The molecule has 3 heteroatoms. The van der Waals surface area contributed by atoms with Gasteiger partial charge in [0.25, 0.3) is 8.32 Å². The molecule has 0 N–H and O–H groups in total. The van der Waals surface area contributed by atoms with Crippen LogP contribution >= 0.6 is 0 Å². The number of hydrogen-bond acceptors (Lipinski definition) is 2. The van der Waals surface area contributed by atoms with Gasteiger partial charge in [-0.25, -0.2) is 0 Å². The van der Waals surface area contributed by atoms with Crippen molar-refractivity contribution in [3.63, 3.8) is 0 Å².